The van der Waals surface area contributed by atoms with Crippen molar-refractivity contribution < 1.29 is 13.6 Å². The van der Waals surface area contributed by atoms with E-state index in [1.807, 2.05) is 30.3 Å². The third-order valence-corrected chi connectivity index (χ3v) is 10.3. The highest BCUT2D eigenvalue weighted by Gasteiger charge is 2.40. The van der Waals surface area contributed by atoms with Crippen LogP contribution in [0.25, 0.3) is 0 Å². The van der Waals surface area contributed by atoms with E-state index in [1.165, 1.54) is 5.56 Å². The van der Waals surface area contributed by atoms with Crippen LogP contribution in [0.1, 0.15) is 50.3 Å². The van der Waals surface area contributed by atoms with Gasteiger partial charge in [0, 0.05) is 0 Å². The maximum atomic E-state index is 6.64. The number of aryl methyl sites for hydroxylation is 1. The van der Waals surface area contributed by atoms with Gasteiger partial charge in [-0.15, -0.1) is 0 Å². The molecular weight excluding hydrogens is 390 g/mol. The van der Waals surface area contributed by atoms with E-state index < -0.39 is 8.32 Å². The van der Waals surface area contributed by atoms with Crippen molar-refractivity contribution in [3.05, 3.63) is 84.1 Å². The van der Waals surface area contributed by atoms with E-state index in [0.717, 1.165) is 24.2 Å². The van der Waals surface area contributed by atoms with E-state index in [-0.39, 0.29) is 11.1 Å². The minimum Gasteiger partial charge on any atom is -0.489 e. The average Bonchev–Trinajstić information content (AvgIpc) is 3.25. The summed E-state index contributed by atoms with van der Waals surface area (Å²) in [4.78, 5) is 4.38. The number of rotatable bonds is 9. The number of benzene rings is 2. The number of hydrogen-bond donors (Lipinski definition) is 0. The van der Waals surface area contributed by atoms with Crippen molar-refractivity contribution >= 4 is 8.32 Å². The number of nitrogens with zero attached hydrogens (tertiary/aromatic N) is 1. The van der Waals surface area contributed by atoms with Crippen molar-refractivity contribution in [2.45, 2.75) is 64.5 Å². The van der Waals surface area contributed by atoms with Gasteiger partial charge in [0.25, 0.3) is 0 Å². The third-order valence-electron chi connectivity index (χ3n) is 5.84. The van der Waals surface area contributed by atoms with E-state index in [9.17, 15) is 0 Å². The van der Waals surface area contributed by atoms with Crippen LogP contribution in [0.5, 0.6) is 5.75 Å². The highest BCUT2D eigenvalue weighted by atomic mass is 28.4. The van der Waals surface area contributed by atoms with Crippen LogP contribution in [0.4, 0.5) is 0 Å². The molecule has 1 aromatic heterocycles. The second-order valence-electron chi connectivity index (χ2n) is 9.19. The highest BCUT2D eigenvalue weighted by Crippen LogP contribution is 2.40. The van der Waals surface area contributed by atoms with Gasteiger partial charge in [-0.05, 0) is 54.2 Å². The summed E-state index contributed by atoms with van der Waals surface area (Å²) in [7, 11) is -1.93. The fraction of sp³-hybridized carbons (Fsp3) is 0.400. The number of hydrogen-bond acceptors (Lipinski definition) is 4. The van der Waals surface area contributed by atoms with Crippen molar-refractivity contribution in [1.82, 2.24) is 4.98 Å². The monoisotopic (exact) mass is 423 g/mol. The van der Waals surface area contributed by atoms with Crippen molar-refractivity contribution in [1.29, 1.82) is 0 Å². The first-order chi connectivity index (χ1) is 14.2. The first-order valence-corrected chi connectivity index (χ1v) is 13.5. The largest absolute Gasteiger partial charge is 0.489 e. The Hall–Kier alpha value is -2.37. The molecule has 0 bridgehead atoms. The van der Waals surface area contributed by atoms with Crippen LogP contribution in [-0.2, 0) is 17.5 Å². The second-order valence-corrected chi connectivity index (χ2v) is 14.0. The van der Waals surface area contributed by atoms with Gasteiger partial charge in [-0.2, -0.15) is 0 Å². The number of aromatic nitrogens is 1. The summed E-state index contributed by atoms with van der Waals surface area (Å²) in [5.41, 5.74) is 2.43. The number of para-hydroxylation sites is 1. The Morgan fingerprint density at radius 3 is 2.23 bits per heavy atom. The molecular formula is C25H33NO3Si. The topological polar surface area (TPSA) is 44.5 Å². The molecule has 3 rings (SSSR count). The zero-order chi connectivity index (χ0) is 21.6. The zero-order valence-electron chi connectivity index (χ0n) is 18.7. The van der Waals surface area contributed by atoms with E-state index in [4.69, 9.17) is 13.6 Å². The van der Waals surface area contributed by atoms with Gasteiger partial charge in [-0.3, -0.25) is 0 Å². The predicted molar refractivity (Wildman–Crippen MR) is 123 cm³/mol. The lowest BCUT2D eigenvalue weighted by molar-refractivity contribution is 0.142. The molecule has 4 nitrogen and oxygen atoms in total. The van der Waals surface area contributed by atoms with Gasteiger partial charge < -0.3 is 13.6 Å². The molecule has 0 aliphatic carbocycles. The molecule has 0 N–H and O–H groups in total. The van der Waals surface area contributed by atoms with Crippen LogP contribution in [0.15, 0.2) is 71.5 Å². The van der Waals surface area contributed by atoms with Crippen LogP contribution >= 0.6 is 0 Å². The fourth-order valence-corrected chi connectivity index (χ4v) is 4.23. The normalized spacial score (nSPS) is 13.2. The lowest BCUT2D eigenvalue weighted by atomic mass is 10.1. The van der Waals surface area contributed by atoms with E-state index in [0.29, 0.717) is 12.5 Å². The van der Waals surface area contributed by atoms with Gasteiger partial charge >= 0.3 is 0 Å². The highest BCUT2D eigenvalue weighted by molar-refractivity contribution is 6.74. The SMILES string of the molecule is CC(C)(C)[Si](C)(C)OC(CCc1ccc(COc2ccccc2)cc1)c1ncco1. The summed E-state index contributed by atoms with van der Waals surface area (Å²) in [6.45, 7) is 11.9. The van der Waals surface area contributed by atoms with Crippen molar-refractivity contribution in [2.24, 2.45) is 0 Å². The lowest BCUT2D eigenvalue weighted by Crippen LogP contribution is -2.42. The number of ether oxygens (including phenoxy) is 1. The van der Waals surface area contributed by atoms with Crippen molar-refractivity contribution in [3.8, 4) is 5.75 Å². The van der Waals surface area contributed by atoms with Crippen LogP contribution < -0.4 is 4.74 Å². The maximum Gasteiger partial charge on any atom is 0.221 e. The molecule has 0 radical (unpaired) electrons. The van der Waals surface area contributed by atoms with Crippen molar-refractivity contribution in [2.75, 3.05) is 0 Å². The summed E-state index contributed by atoms with van der Waals surface area (Å²) in [6, 6.07) is 18.5. The molecule has 0 aliphatic rings. The maximum absolute atomic E-state index is 6.64. The summed E-state index contributed by atoms with van der Waals surface area (Å²) in [6.07, 6.45) is 4.94. The second kappa shape index (κ2) is 9.62. The molecule has 0 fully saturated rings. The van der Waals surface area contributed by atoms with Gasteiger partial charge in [0.15, 0.2) is 8.32 Å². The molecule has 5 heteroatoms. The Kier molecular flexibility index (Phi) is 7.16. The molecule has 30 heavy (non-hydrogen) atoms. The Morgan fingerprint density at radius 1 is 0.967 bits per heavy atom. The minimum absolute atomic E-state index is 0.123. The Balaban J connectivity index is 1.60. The molecule has 0 saturated heterocycles. The van der Waals surface area contributed by atoms with Gasteiger partial charge in [0.05, 0.1) is 6.20 Å². The van der Waals surface area contributed by atoms with Crippen LogP contribution in [0.3, 0.4) is 0 Å². The molecule has 1 unspecified atom stereocenters. The smallest absolute Gasteiger partial charge is 0.221 e. The number of oxazole rings is 1. The third kappa shape index (κ3) is 6.06. The Bertz CT molecular complexity index is 884. The minimum atomic E-state index is -1.93. The molecule has 2 aromatic carbocycles. The quantitative estimate of drug-likeness (QED) is 0.349. The van der Waals surface area contributed by atoms with Gasteiger partial charge in [-0.1, -0.05) is 63.2 Å². The van der Waals surface area contributed by atoms with Crippen LogP contribution in [0.2, 0.25) is 18.1 Å². The van der Waals surface area contributed by atoms with E-state index >= 15 is 0 Å². The Labute approximate surface area is 181 Å². The predicted octanol–water partition coefficient (Wildman–Crippen LogP) is 6.95. The Morgan fingerprint density at radius 2 is 1.63 bits per heavy atom. The molecule has 3 aromatic rings. The van der Waals surface area contributed by atoms with Crippen LogP contribution in [-0.4, -0.2) is 13.3 Å². The van der Waals surface area contributed by atoms with Crippen molar-refractivity contribution in [3.63, 3.8) is 0 Å². The summed E-state index contributed by atoms with van der Waals surface area (Å²) >= 11 is 0. The fourth-order valence-electron chi connectivity index (χ4n) is 2.94. The zero-order valence-corrected chi connectivity index (χ0v) is 19.7. The van der Waals surface area contributed by atoms with E-state index in [2.05, 4.69) is 63.1 Å². The van der Waals surface area contributed by atoms with Crippen LogP contribution in [0, 0.1) is 0 Å². The summed E-state index contributed by atoms with van der Waals surface area (Å²) in [5, 5.41) is 0.137. The first kappa shape index (κ1) is 22.3. The molecule has 0 aliphatic heterocycles. The molecule has 160 valence electrons. The van der Waals surface area contributed by atoms with Gasteiger partial charge in [-0.25, -0.2) is 4.98 Å². The summed E-state index contributed by atoms with van der Waals surface area (Å²) in [5.74, 6) is 1.56. The first-order valence-electron chi connectivity index (χ1n) is 10.6. The average molecular weight is 424 g/mol. The molecule has 0 amide bonds. The van der Waals surface area contributed by atoms with Gasteiger partial charge in [0.2, 0.25) is 5.89 Å². The molecule has 0 saturated carbocycles. The van der Waals surface area contributed by atoms with Gasteiger partial charge in [0.1, 0.15) is 24.7 Å². The standard InChI is InChI=1S/C25H33NO3Si/c1-25(2,3)30(4,5)29-23(24-26-17-18-27-24)16-15-20-11-13-21(14-12-20)19-28-22-9-7-6-8-10-22/h6-14,17-18,23H,15-16,19H2,1-5H3. The molecule has 1 atom stereocenters. The van der Waals surface area contributed by atoms with E-state index in [1.54, 1.807) is 12.5 Å². The molecule has 0 spiro atoms. The summed E-state index contributed by atoms with van der Waals surface area (Å²) < 4.78 is 18.1. The lowest BCUT2D eigenvalue weighted by Gasteiger charge is -2.38. The molecule has 1 heterocycles.